The monoisotopic (exact) mass is 387 g/mol. The Bertz CT molecular complexity index is 615. The molecule has 2 aliphatic rings. The number of allylic oxidation sites excluding steroid dienone is 6. The standard InChI is InChI=1S/C24H37NO3/c1-3-14-21(25-28-4-2)24-22(26)17-20(18-23(24)27)19-15-12-10-8-6-5-7-9-11-13-16-19/h6,8-9,11,19-20,26H,3-5,7,10,12-18H2,1-2H3/b8-6+,11-9+,25-21?. The molecule has 156 valence electrons. The number of carbonyl (C=O) groups is 1. The van der Waals surface area contributed by atoms with Crippen LogP contribution >= 0.6 is 0 Å². The Morgan fingerprint density at radius 2 is 1.75 bits per heavy atom. The van der Waals surface area contributed by atoms with E-state index in [4.69, 9.17) is 4.84 Å². The van der Waals surface area contributed by atoms with E-state index in [0.29, 0.717) is 43.1 Å². The van der Waals surface area contributed by atoms with Gasteiger partial charge in [0.05, 0.1) is 11.3 Å². The molecule has 0 aromatic rings. The Hall–Kier alpha value is -1.84. The molecule has 0 spiro atoms. The van der Waals surface area contributed by atoms with Gasteiger partial charge in [0, 0.05) is 12.8 Å². The minimum Gasteiger partial charge on any atom is -0.511 e. The van der Waals surface area contributed by atoms with E-state index < -0.39 is 0 Å². The third-order valence-electron chi connectivity index (χ3n) is 5.70. The van der Waals surface area contributed by atoms with Gasteiger partial charge in [-0.2, -0.15) is 0 Å². The molecular formula is C24H37NO3. The van der Waals surface area contributed by atoms with Crippen LogP contribution in [-0.2, 0) is 9.63 Å². The van der Waals surface area contributed by atoms with E-state index in [-0.39, 0.29) is 17.5 Å². The third kappa shape index (κ3) is 6.96. The first-order valence-electron chi connectivity index (χ1n) is 11.1. The van der Waals surface area contributed by atoms with Crippen molar-refractivity contribution < 1.29 is 14.7 Å². The van der Waals surface area contributed by atoms with Crippen LogP contribution in [0.4, 0.5) is 0 Å². The van der Waals surface area contributed by atoms with Crippen molar-refractivity contribution in [3.05, 3.63) is 35.6 Å². The van der Waals surface area contributed by atoms with E-state index >= 15 is 0 Å². The number of hydrogen-bond donors (Lipinski definition) is 1. The summed E-state index contributed by atoms with van der Waals surface area (Å²) < 4.78 is 0. The number of nitrogens with zero attached hydrogens (tertiary/aromatic N) is 1. The van der Waals surface area contributed by atoms with Crippen molar-refractivity contribution in [1.82, 2.24) is 0 Å². The number of rotatable bonds is 6. The molecule has 1 N–H and O–H groups in total. The van der Waals surface area contributed by atoms with Crippen LogP contribution < -0.4 is 0 Å². The van der Waals surface area contributed by atoms with E-state index in [9.17, 15) is 9.90 Å². The van der Waals surface area contributed by atoms with Gasteiger partial charge < -0.3 is 9.94 Å². The summed E-state index contributed by atoms with van der Waals surface area (Å²) >= 11 is 0. The summed E-state index contributed by atoms with van der Waals surface area (Å²) in [5.41, 5.74) is 1.03. The number of oxime groups is 1. The SMILES string of the molecule is CCCC(=NOCC)C1=C(O)CC(C2CC/C=C/CC/C=C/CCC2)CC1=O. The van der Waals surface area contributed by atoms with E-state index in [1.165, 1.54) is 0 Å². The Morgan fingerprint density at radius 3 is 2.43 bits per heavy atom. The third-order valence-corrected chi connectivity index (χ3v) is 5.70. The van der Waals surface area contributed by atoms with E-state index in [2.05, 4.69) is 29.5 Å². The number of ketones is 1. The highest BCUT2D eigenvalue weighted by molar-refractivity contribution is 6.23. The number of Topliss-reactive ketones (excluding diaryl/α,β-unsaturated/α-hetero) is 1. The molecule has 0 saturated carbocycles. The second-order valence-corrected chi connectivity index (χ2v) is 7.91. The largest absolute Gasteiger partial charge is 0.511 e. The van der Waals surface area contributed by atoms with Gasteiger partial charge in [0.25, 0.3) is 0 Å². The van der Waals surface area contributed by atoms with Crippen LogP contribution in [-0.4, -0.2) is 23.2 Å². The number of aliphatic hydroxyl groups is 1. The Labute approximate surface area is 170 Å². The lowest BCUT2D eigenvalue weighted by molar-refractivity contribution is -0.117. The summed E-state index contributed by atoms with van der Waals surface area (Å²) in [7, 11) is 0. The fourth-order valence-electron chi connectivity index (χ4n) is 4.27. The second kappa shape index (κ2) is 12.6. The van der Waals surface area contributed by atoms with Crippen molar-refractivity contribution in [3.63, 3.8) is 0 Å². The molecule has 0 radical (unpaired) electrons. The normalized spacial score (nSPS) is 27.6. The summed E-state index contributed by atoms with van der Waals surface area (Å²) in [4.78, 5) is 18.1. The van der Waals surface area contributed by atoms with Crippen LogP contribution in [0.1, 0.15) is 84.5 Å². The zero-order valence-corrected chi connectivity index (χ0v) is 17.7. The number of hydrogen-bond acceptors (Lipinski definition) is 4. The fourth-order valence-corrected chi connectivity index (χ4v) is 4.27. The summed E-state index contributed by atoms with van der Waals surface area (Å²) in [5.74, 6) is 0.951. The van der Waals surface area contributed by atoms with Crippen molar-refractivity contribution in [2.75, 3.05) is 6.61 Å². The lowest BCUT2D eigenvalue weighted by Gasteiger charge is -2.31. The number of carbonyl (C=O) groups excluding carboxylic acids is 1. The average molecular weight is 388 g/mol. The van der Waals surface area contributed by atoms with Gasteiger partial charge in [-0.3, -0.25) is 4.79 Å². The van der Waals surface area contributed by atoms with Gasteiger partial charge in [-0.1, -0.05) is 42.8 Å². The smallest absolute Gasteiger partial charge is 0.168 e. The molecular weight excluding hydrogens is 350 g/mol. The van der Waals surface area contributed by atoms with Gasteiger partial charge in [0.2, 0.25) is 0 Å². The lowest BCUT2D eigenvalue weighted by atomic mass is 9.74. The van der Waals surface area contributed by atoms with Gasteiger partial charge >= 0.3 is 0 Å². The van der Waals surface area contributed by atoms with Gasteiger partial charge in [-0.15, -0.1) is 0 Å². The summed E-state index contributed by atoms with van der Waals surface area (Å²) in [5, 5.41) is 14.9. The first-order valence-corrected chi connectivity index (χ1v) is 11.1. The maximum Gasteiger partial charge on any atom is 0.168 e. The molecule has 0 amide bonds. The van der Waals surface area contributed by atoms with E-state index in [0.717, 1.165) is 51.4 Å². The van der Waals surface area contributed by atoms with Gasteiger partial charge in [-0.25, -0.2) is 0 Å². The quantitative estimate of drug-likeness (QED) is 0.324. The Kier molecular flexibility index (Phi) is 10.1. The fraction of sp³-hybridized carbons (Fsp3) is 0.667. The molecule has 0 saturated heterocycles. The molecule has 2 aliphatic carbocycles. The van der Waals surface area contributed by atoms with Crippen LogP contribution in [0.15, 0.2) is 40.8 Å². The van der Waals surface area contributed by atoms with Gasteiger partial charge in [0.1, 0.15) is 12.4 Å². The summed E-state index contributed by atoms with van der Waals surface area (Å²) in [6.45, 7) is 4.37. The molecule has 2 rings (SSSR count). The van der Waals surface area contributed by atoms with Crippen LogP contribution in [0.25, 0.3) is 0 Å². The summed E-state index contributed by atoms with van der Waals surface area (Å²) in [6.07, 6.45) is 19.5. The molecule has 0 aromatic carbocycles. The molecule has 0 aromatic heterocycles. The molecule has 0 fully saturated rings. The average Bonchev–Trinajstić information content (AvgIpc) is 2.66. The summed E-state index contributed by atoms with van der Waals surface area (Å²) in [6, 6.07) is 0. The van der Waals surface area contributed by atoms with E-state index in [1.807, 2.05) is 13.8 Å². The van der Waals surface area contributed by atoms with Crippen LogP contribution in [0, 0.1) is 11.8 Å². The van der Waals surface area contributed by atoms with Gasteiger partial charge in [-0.05, 0) is 70.1 Å². The molecule has 4 heteroatoms. The maximum atomic E-state index is 12.9. The predicted octanol–water partition coefficient (Wildman–Crippen LogP) is 6.44. The topological polar surface area (TPSA) is 58.9 Å². The first kappa shape index (κ1) is 22.4. The van der Waals surface area contributed by atoms with Crippen molar-refractivity contribution >= 4 is 11.5 Å². The van der Waals surface area contributed by atoms with Gasteiger partial charge in [0.15, 0.2) is 5.78 Å². The molecule has 0 heterocycles. The van der Waals surface area contributed by atoms with Crippen molar-refractivity contribution in [1.29, 1.82) is 0 Å². The molecule has 0 bridgehead atoms. The first-order chi connectivity index (χ1) is 13.7. The second-order valence-electron chi connectivity index (χ2n) is 7.91. The molecule has 2 unspecified atom stereocenters. The molecule has 28 heavy (non-hydrogen) atoms. The van der Waals surface area contributed by atoms with Crippen LogP contribution in [0.3, 0.4) is 0 Å². The highest BCUT2D eigenvalue weighted by Gasteiger charge is 2.34. The van der Waals surface area contributed by atoms with Crippen LogP contribution in [0.2, 0.25) is 0 Å². The minimum absolute atomic E-state index is 0.0298. The molecule has 4 nitrogen and oxygen atoms in total. The zero-order chi connectivity index (χ0) is 20.2. The van der Waals surface area contributed by atoms with Crippen molar-refractivity contribution in [3.8, 4) is 0 Å². The van der Waals surface area contributed by atoms with E-state index in [1.54, 1.807) is 0 Å². The maximum absolute atomic E-state index is 12.9. The highest BCUT2D eigenvalue weighted by Crippen LogP contribution is 2.37. The molecule has 2 atom stereocenters. The molecule has 0 aliphatic heterocycles. The number of aliphatic hydroxyl groups excluding tert-OH is 1. The predicted molar refractivity (Wildman–Crippen MR) is 115 cm³/mol. The Morgan fingerprint density at radius 1 is 1.04 bits per heavy atom. The van der Waals surface area contributed by atoms with Crippen LogP contribution in [0.5, 0.6) is 0 Å². The van der Waals surface area contributed by atoms with Crippen molar-refractivity contribution in [2.24, 2.45) is 17.0 Å². The zero-order valence-electron chi connectivity index (χ0n) is 17.7. The lowest BCUT2D eigenvalue weighted by Crippen LogP contribution is -2.29. The minimum atomic E-state index is 0.0298. The highest BCUT2D eigenvalue weighted by atomic mass is 16.6. The van der Waals surface area contributed by atoms with Crippen molar-refractivity contribution in [2.45, 2.75) is 84.5 Å². The Balaban J connectivity index is 2.12.